The number of carbonyl (C=O) groups is 1. The summed E-state index contributed by atoms with van der Waals surface area (Å²) < 4.78 is 10.4. The zero-order valence-electron chi connectivity index (χ0n) is 11.4. The lowest BCUT2D eigenvalue weighted by molar-refractivity contribution is -0.157. The number of hydrogen-bond acceptors (Lipinski definition) is 7. The van der Waals surface area contributed by atoms with Crippen molar-refractivity contribution in [3.05, 3.63) is 11.2 Å². The van der Waals surface area contributed by atoms with Crippen LogP contribution in [0.2, 0.25) is 5.15 Å². The standard InChI is InChI=1S/C12H17ClN4O3/c1-3-19-11(18)8-7-17(4-5-20-8)10-6-9(13)15-12(14-2)16-10/h6,8H,3-5,7H2,1-2H3,(H,14,15,16)/t8-/m0/s1. The van der Waals surface area contributed by atoms with Crippen LogP contribution in [0.25, 0.3) is 0 Å². The Morgan fingerprint density at radius 3 is 3.15 bits per heavy atom. The summed E-state index contributed by atoms with van der Waals surface area (Å²) in [6, 6.07) is 1.66. The number of ether oxygens (including phenoxy) is 2. The smallest absolute Gasteiger partial charge is 0.337 e. The normalized spacial score (nSPS) is 18.8. The Balaban J connectivity index is 2.12. The molecule has 0 bridgehead atoms. The molecule has 1 aliphatic heterocycles. The summed E-state index contributed by atoms with van der Waals surface area (Å²) in [6.45, 7) is 3.55. The van der Waals surface area contributed by atoms with Gasteiger partial charge in [-0.25, -0.2) is 9.78 Å². The van der Waals surface area contributed by atoms with Crippen molar-refractivity contribution in [2.75, 3.05) is 43.6 Å². The molecule has 2 heterocycles. The van der Waals surface area contributed by atoms with E-state index < -0.39 is 6.10 Å². The third kappa shape index (κ3) is 3.49. The molecule has 2 rings (SSSR count). The molecule has 110 valence electrons. The minimum absolute atomic E-state index is 0.335. The number of hydrogen-bond donors (Lipinski definition) is 1. The van der Waals surface area contributed by atoms with Gasteiger partial charge in [0.2, 0.25) is 5.95 Å². The molecule has 1 N–H and O–H groups in total. The van der Waals surface area contributed by atoms with E-state index in [4.69, 9.17) is 21.1 Å². The first-order valence-corrected chi connectivity index (χ1v) is 6.77. The molecule has 0 aliphatic carbocycles. The number of halogens is 1. The third-order valence-electron chi connectivity index (χ3n) is 2.84. The minimum atomic E-state index is -0.601. The molecule has 1 aromatic rings. The summed E-state index contributed by atoms with van der Waals surface area (Å²) in [5.74, 6) is 0.741. The second-order valence-electron chi connectivity index (χ2n) is 4.18. The lowest BCUT2D eigenvalue weighted by Gasteiger charge is -2.32. The van der Waals surface area contributed by atoms with Gasteiger partial charge in [-0.1, -0.05) is 11.6 Å². The van der Waals surface area contributed by atoms with E-state index in [0.717, 1.165) is 0 Å². The Morgan fingerprint density at radius 2 is 2.45 bits per heavy atom. The van der Waals surface area contributed by atoms with Crippen LogP contribution in [-0.2, 0) is 14.3 Å². The summed E-state index contributed by atoms with van der Waals surface area (Å²) in [5.41, 5.74) is 0. The van der Waals surface area contributed by atoms with Crippen LogP contribution in [0.5, 0.6) is 0 Å². The van der Waals surface area contributed by atoms with Gasteiger partial charge in [-0.2, -0.15) is 4.98 Å². The van der Waals surface area contributed by atoms with Crippen LogP contribution < -0.4 is 10.2 Å². The highest BCUT2D eigenvalue weighted by Crippen LogP contribution is 2.20. The van der Waals surface area contributed by atoms with Crippen molar-refractivity contribution >= 4 is 29.3 Å². The molecule has 1 fully saturated rings. The molecule has 0 radical (unpaired) electrons. The molecule has 0 amide bonds. The van der Waals surface area contributed by atoms with Crippen LogP contribution in [-0.4, -0.2) is 55.4 Å². The molecule has 0 aromatic carbocycles. The summed E-state index contributed by atoms with van der Waals surface area (Å²) in [5, 5.41) is 3.19. The van der Waals surface area contributed by atoms with Crippen molar-refractivity contribution in [3.8, 4) is 0 Å². The van der Waals surface area contributed by atoms with E-state index >= 15 is 0 Å². The number of rotatable bonds is 4. The van der Waals surface area contributed by atoms with Crippen LogP contribution in [0.15, 0.2) is 6.07 Å². The predicted octanol–water partition coefficient (Wildman–Crippen LogP) is 0.940. The molecule has 8 heteroatoms. The Hall–Kier alpha value is -1.60. The zero-order valence-corrected chi connectivity index (χ0v) is 12.2. The van der Waals surface area contributed by atoms with Gasteiger partial charge in [0.1, 0.15) is 11.0 Å². The van der Waals surface area contributed by atoms with Crippen LogP contribution in [0.3, 0.4) is 0 Å². The lowest BCUT2D eigenvalue weighted by atomic mass is 10.2. The van der Waals surface area contributed by atoms with Crippen molar-refractivity contribution in [2.45, 2.75) is 13.0 Å². The number of aromatic nitrogens is 2. The summed E-state index contributed by atoms with van der Waals surface area (Å²) in [4.78, 5) is 22.0. The summed E-state index contributed by atoms with van der Waals surface area (Å²) in [6.07, 6.45) is -0.601. The van der Waals surface area contributed by atoms with Crippen LogP contribution in [0, 0.1) is 0 Å². The highest BCUT2D eigenvalue weighted by molar-refractivity contribution is 6.29. The first-order chi connectivity index (χ1) is 9.63. The average Bonchev–Trinajstić information content (AvgIpc) is 2.47. The highest BCUT2D eigenvalue weighted by Gasteiger charge is 2.28. The van der Waals surface area contributed by atoms with Gasteiger partial charge in [-0.05, 0) is 6.92 Å². The highest BCUT2D eigenvalue weighted by atomic mass is 35.5. The SMILES string of the molecule is CCOC(=O)[C@@H]1CN(c2cc(Cl)nc(NC)n2)CCO1. The van der Waals surface area contributed by atoms with E-state index in [0.29, 0.717) is 43.2 Å². The van der Waals surface area contributed by atoms with Crippen LogP contribution >= 0.6 is 11.6 Å². The van der Waals surface area contributed by atoms with Gasteiger partial charge < -0.3 is 19.7 Å². The Bertz CT molecular complexity index is 486. The van der Waals surface area contributed by atoms with Crippen molar-refractivity contribution in [2.24, 2.45) is 0 Å². The maximum Gasteiger partial charge on any atom is 0.337 e. The van der Waals surface area contributed by atoms with E-state index in [9.17, 15) is 4.79 Å². The van der Waals surface area contributed by atoms with Gasteiger partial charge in [0.25, 0.3) is 0 Å². The Labute approximate surface area is 122 Å². The molecule has 0 spiro atoms. The zero-order chi connectivity index (χ0) is 14.5. The van der Waals surface area contributed by atoms with Crippen molar-refractivity contribution < 1.29 is 14.3 Å². The molecule has 1 aliphatic rings. The number of esters is 1. The Kier molecular flexibility index (Phi) is 4.97. The fourth-order valence-corrected chi connectivity index (χ4v) is 2.09. The van der Waals surface area contributed by atoms with Gasteiger partial charge in [-0.15, -0.1) is 0 Å². The molecule has 1 atom stereocenters. The number of anilines is 2. The van der Waals surface area contributed by atoms with Crippen molar-refractivity contribution in [1.29, 1.82) is 0 Å². The van der Waals surface area contributed by atoms with Crippen molar-refractivity contribution in [1.82, 2.24) is 9.97 Å². The second kappa shape index (κ2) is 6.71. The van der Waals surface area contributed by atoms with E-state index in [1.807, 2.05) is 4.90 Å². The first-order valence-electron chi connectivity index (χ1n) is 6.39. The van der Waals surface area contributed by atoms with E-state index in [-0.39, 0.29) is 5.97 Å². The van der Waals surface area contributed by atoms with Crippen LogP contribution in [0.1, 0.15) is 6.92 Å². The fraction of sp³-hybridized carbons (Fsp3) is 0.583. The van der Waals surface area contributed by atoms with E-state index in [1.165, 1.54) is 0 Å². The first kappa shape index (κ1) is 14.8. The van der Waals surface area contributed by atoms with Gasteiger partial charge in [0.15, 0.2) is 6.10 Å². The van der Waals surface area contributed by atoms with Gasteiger partial charge in [0, 0.05) is 19.7 Å². The minimum Gasteiger partial charge on any atom is -0.464 e. The molecule has 1 saturated heterocycles. The summed E-state index contributed by atoms with van der Waals surface area (Å²) >= 11 is 5.96. The largest absolute Gasteiger partial charge is 0.464 e. The van der Waals surface area contributed by atoms with Crippen molar-refractivity contribution in [3.63, 3.8) is 0 Å². The second-order valence-corrected chi connectivity index (χ2v) is 4.57. The number of nitrogens with zero attached hydrogens (tertiary/aromatic N) is 3. The monoisotopic (exact) mass is 300 g/mol. The van der Waals surface area contributed by atoms with Gasteiger partial charge in [-0.3, -0.25) is 0 Å². The molecule has 0 saturated carbocycles. The molecule has 0 unspecified atom stereocenters. The number of nitrogens with one attached hydrogen (secondary N) is 1. The maximum absolute atomic E-state index is 11.7. The van der Waals surface area contributed by atoms with E-state index in [1.54, 1.807) is 20.0 Å². The fourth-order valence-electron chi connectivity index (χ4n) is 1.91. The average molecular weight is 301 g/mol. The molecule has 20 heavy (non-hydrogen) atoms. The molecular formula is C12H17ClN4O3. The maximum atomic E-state index is 11.7. The predicted molar refractivity (Wildman–Crippen MR) is 75.2 cm³/mol. The topological polar surface area (TPSA) is 76.6 Å². The van der Waals surface area contributed by atoms with Gasteiger partial charge >= 0.3 is 5.97 Å². The number of carbonyl (C=O) groups excluding carboxylic acids is 1. The van der Waals surface area contributed by atoms with Gasteiger partial charge in [0.05, 0.1) is 19.8 Å². The quantitative estimate of drug-likeness (QED) is 0.655. The number of morpholine rings is 1. The Morgan fingerprint density at radius 1 is 1.65 bits per heavy atom. The molecule has 1 aromatic heterocycles. The van der Waals surface area contributed by atoms with Crippen LogP contribution in [0.4, 0.5) is 11.8 Å². The van der Waals surface area contributed by atoms with E-state index in [2.05, 4.69) is 15.3 Å². The third-order valence-corrected chi connectivity index (χ3v) is 3.04. The molecular weight excluding hydrogens is 284 g/mol. The summed E-state index contributed by atoms with van der Waals surface area (Å²) in [7, 11) is 1.72. The lowest BCUT2D eigenvalue weighted by Crippen LogP contribution is -2.47. The molecule has 7 nitrogen and oxygen atoms in total.